The van der Waals surface area contributed by atoms with Gasteiger partial charge in [-0.25, -0.2) is 4.98 Å². The second-order valence-electron chi connectivity index (χ2n) is 8.10. The van der Waals surface area contributed by atoms with Crippen molar-refractivity contribution in [3.05, 3.63) is 28.6 Å². The molecule has 7 heteroatoms. The van der Waals surface area contributed by atoms with Crippen molar-refractivity contribution in [3.8, 4) is 9.88 Å². The fourth-order valence-corrected chi connectivity index (χ4v) is 6.03. The van der Waals surface area contributed by atoms with Gasteiger partial charge in [0.1, 0.15) is 5.01 Å². The van der Waals surface area contributed by atoms with Gasteiger partial charge in [-0.3, -0.25) is 9.59 Å². The SMILES string of the molecule is O=C(NCCc1csc(-c2cccs2)n1)C1CCN(C(=O)C2CCCCC2)CC1. The summed E-state index contributed by atoms with van der Waals surface area (Å²) in [4.78, 5) is 33.1. The van der Waals surface area contributed by atoms with E-state index in [9.17, 15) is 9.59 Å². The van der Waals surface area contributed by atoms with Gasteiger partial charge < -0.3 is 10.2 Å². The average molecular weight is 432 g/mol. The van der Waals surface area contributed by atoms with Crippen molar-refractivity contribution in [3.63, 3.8) is 0 Å². The van der Waals surface area contributed by atoms with Gasteiger partial charge in [-0.2, -0.15) is 0 Å². The third kappa shape index (κ3) is 5.25. The first-order chi connectivity index (χ1) is 14.2. The van der Waals surface area contributed by atoms with Crippen molar-refractivity contribution in [1.82, 2.24) is 15.2 Å². The molecule has 4 rings (SSSR count). The molecule has 0 unspecified atom stereocenters. The Balaban J connectivity index is 1.18. The van der Waals surface area contributed by atoms with Crippen molar-refractivity contribution >= 4 is 34.5 Å². The Morgan fingerprint density at radius 2 is 1.86 bits per heavy atom. The maximum absolute atomic E-state index is 12.7. The van der Waals surface area contributed by atoms with Gasteiger partial charge in [-0.15, -0.1) is 22.7 Å². The number of rotatable bonds is 6. The van der Waals surface area contributed by atoms with Gasteiger partial charge >= 0.3 is 0 Å². The van der Waals surface area contributed by atoms with Crippen molar-refractivity contribution in [2.45, 2.75) is 51.4 Å². The zero-order valence-corrected chi connectivity index (χ0v) is 18.4. The molecular weight excluding hydrogens is 402 g/mol. The molecule has 1 saturated heterocycles. The van der Waals surface area contributed by atoms with Crippen LogP contribution in [0.3, 0.4) is 0 Å². The molecule has 2 fully saturated rings. The summed E-state index contributed by atoms with van der Waals surface area (Å²) in [5.74, 6) is 0.714. The van der Waals surface area contributed by atoms with Gasteiger partial charge in [0.15, 0.2) is 0 Å². The number of thiazole rings is 1. The van der Waals surface area contributed by atoms with Gasteiger partial charge in [-0.05, 0) is 37.1 Å². The van der Waals surface area contributed by atoms with Gasteiger partial charge in [-0.1, -0.05) is 25.3 Å². The highest BCUT2D eigenvalue weighted by atomic mass is 32.1. The minimum atomic E-state index is 0.0301. The summed E-state index contributed by atoms with van der Waals surface area (Å²) >= 11 is 3.36. The number of nitrogens with one attached hydrogen (secondary N) is 1. The number of thiophene rings is 1. The minimum absolute atomic E-state index is 0.0301. The smallest absolute Gasteiger partial charge is 0.225 e. The molecule has 0 bridgehead atoms. The van der Waals surface area contributed by atoms with Crippen LogP contribution in [0.1, 0.15) is 50.6 Å². The van der Waals surface area contributed by atoms with Crippen molar-refractivity contribution in [1.29, 1.82) is 0 Å². The molecule has 0 atom stereocenters. The van der Waals surface area contributed by atoms with E-state index in [0.29, 0.717) is 12.5 Å². The van der Waals surface area contributed by atoms with Crippen LogP contribution in [-0.4, -0.2) is 41.3 Å². The van der Waals surface area contributed by atoms with Crippen LogP contribution in [0.2, 0.25) is 0 Å². The number of aromatic nitrogens is 1. The van der Waals surface area contributed by atoms with Crippen LogP contribution < -0.4 is 5.32 Å². The minimum Gasteiger partial charge on any atom is -0.355 e. The molecule has 29 heavy (non-hydrogen) atoms. The first-order valence-corrected chi connectivity index (χ1v) is 12.5. The molecule has 1 saturated carbocycles. The lowest BCUT2D eigenvalue weighted by Crippen LogP contribution is -2.45. The number of likely N-dealkylation sites (tertiary alicyclic amines) is 1. The lowest BCUT2D eigenvalue weighted by molar-refractivity contribution is -0.140. The highest BCUT2D eigenvalue weighted by Crippen LogP contribution is 2.29. The fraction of sp³-hybridized carbons (Fsp3) is 0.591. The molecule has 2 aromatic rings. The maximum atomic E-state index is 12.7. The molecule has 0 radical (unpaired) electrons. The Morgan fingerprint density at radius 1 is 1.07 bits per heavy atom. The van der Waals surface area contributed by atoms with Crippen LogP contribution in [0, 0.1) is 11.8 Å². The largest absolute Gasteiger partial charge is 0.355 e. The molecule has 2 amide bonds. The van der Waals surface area contributed by atoms with Crippen molar-refractivity contribution in [2.75, 3.05) is 19.6 Å². The number of amides is 2. The lowest BCUT2D eigenvalue weighted by Gasteiger charge is -2.34. The van der Waals surface area contributed by atoms with E-state index in [1.165, 1.54) is 24.1 Å². The van der Waals surface area contributed by atoms with Gasteiger partial charge in [0, 0.05) is 43.3 Å². The normalized spacial score (nSPS) is 18.7. The van der Waals surface area contributed by atoms with Crippen LogP contribution in [0.25, 0.3) is 9.88 Å². The number of carbonyl (C=O) groups is 2. The first-order valence-electron chi connectivity index (χ1n) is 10.8. The first kappa shape index (κ1) is 20.5. The molecule has 1 N–H and O–H groups in total. The summed E-state index contributed by atoms with van der Waals surface area (Å²) in [5, 5.41) is 8.27. The standard InChI is InChI=1S/C22H29N3O2S2/c26-20(23-11-8-18-15-29-21(24-18)19-7-4-14-28-19)16-9-12-25(13-10-16)22(27)17-5-2-1-3-6-17/h4,7,14-17H,1-3,5-6,8-13H2,(H,23,26). The van der Waals surface area contributed by atoms with Gasteiger partial charge in [0.2, 0.25) is 11.8 Å². The number of carbonyl (C=O) groups excluding carboxylic acids is 2. The van der Waals surface area contributed by atoms with Crippen LogP contribution >= 0.6 is 22.7 Å². The Bertz CT molecular complexity index is 804. The molecule has 0 spiro atoms. The van der Waals surface area contributed by atoms with E-state index in [0.717, 1.165) is 55.9 Å². The second-order valence-corrected chi connectivity index (χ2v) is 9.90. The van der Waals surface area contributed by atoms with Crippen LogP contribution in [0.15, 0.2) is 22.9 Å². The molecular formula is C22H29N3O2S2. The zero-order valence-electron chi connectivity index (χ0n) is 16.8. The van der Waals surface area contributed by atoms with Gasteiger partial charge in [0.25, 0.3) is 0 Å². The van der Waals surface area contributed by atoms with Crippen molar-refractivity contribution < 1.29 is 9.59 Å². The number of piperidine rings is 1. The Hall–Kier alpha value is -1.73. The summed E-state index contributed by atoms with van der Waals surface area (Å²) in [7, 11) is 0. The molecule has 1 aliphatic heterocycles. The molecule has 1 aliphatic carbocycles. The quantitative estimate of drug-likeness (QED) is 0.740. The van der Waals surface area contributed by atoms with E-state index < -0.39 is 0 Å². The highest BCUT2D eigenvalue weighted by Gasteiger charge is 2.31. The third-order valence-corrected chi connectivity index (χ3v) is 8.03. The predicted molar refractivity (Wildman–Crippen MR) is 118 cm³/mol. The summed E-state index contributed by atoms with van der Waals surface area (Å²) < 4.78 is 0. The topological polar surface area (TPSA) is 62.3 Å². The molecule has 3 heterocycles. The van der Waals surface area contributed by atoms with E-state index in [-0.39, 0.29) is 17.7 Å². The lowest BCUT2D eigenvalue weighted by atomic mass is 9.87. The Labute approximate surface area is 180 Å². The van der Waals surface area contributed by atoms with Crippen LogP contribution in [0.5, 0.6) is 0 Å². The van der Waals surface area contributed by atoms with Crippen LogP contribution in [0.4, 0.5) is 0 Å². The monoisotopic (exact) mass is 431 g/mol. The second kappa shape index (κ2) is 9.85. The summed E-state index contributed by atoms with van der Waals surface area (Å²) in [6.07, 6.45) is 8.04. The van der Waals surface area contributed by atoms with E-state index >= 15 is 0 Å². The van der Waals surface area contributed by atoms with E-state index in [4.69, 9.17) is 0 Å². The van der Waals surface area contributed by atoms with E-state index in [1.807, 2.05) is 11.0 Å². The molecule has 156 valence electrons. The number of hydrogen-bond donors (Lipinski definition) is 1. The van der Waals surface area contributed by atoms with Gasteiger partial charge in [0.05, 0.1) is 10.6 Å². The Morgan fingerprint density at radius 3 is 2.59 bits per heavy atom. The third-order valence-electron chi connectivity index (χ3n) is 6.10. The molecule has 5 nitrogen and oxygen atoms in total. The molecule has 2 aliphatic rings. The summed E-state index contributed by atoms with van der Waals surface area (Å²) in [6.45, 7) is 2.07. The fourth-order valence-electron chi connectivity index (χ4n) is 4.36. The highest BCUT2D eigenvalue weighted by molar-refractivity contribution is 7.20. The Kier molecular flexibility index (Phi) is 6.98. The molecule has 0 aromatic carbocycles. The van der Waals surface area contributed by atoms with Crippen molar-refractivity contribution in [2.24, 2.45) is 11.8 Å². The number of nitrogens with zero attached hydrogens (tertiary/aromatic N) is 2. The van der Waals surface area contributed by atoms with E-state index in [2.05, 4.69) is 27.1 Å². The predicted octanol–water partition coefficient (Wildman–Crippen LogP) is 4.35. The molecule has 2 aromatic heterocycles. The van der Waals surface area contributed by atoms with Crippen LogP contribution in [-0.2, 0) is 16.0 Å². The average Bonchev–Trinajstić information content (AvgIpc) is 3.46. The summed E-state index contributed by atoms with van der Waals surface area (Å²) in [6, 6.07) is 4.12. The number of hydrogen-bond acceptors (Lipinski definition) is 5. The maximum Gasteiger partial charge on any atom is 0.225 e. The zero-order chi connectivity index (χ0) is 20.1. The van der Waals surface area contributed by atoms with E-state index in [1.54, 1.807) is 22.7 Å². The summed E-state index contributed by atoms with van der Waals surface area (Å²) in [5.41, 5.74) is 1.03.